The van der Waals surface area contributed by atoms with Crippen LogP contribution >= 0.6 is 0 Å². The first-order valence-corrected chi connectivity index (χ1v) is 9.60. The average Bonchev–Trinajstić information content (AvgIpc) is 3.01. The van der Waals surface area contributed by atoms with Gasteiger partial charge in [-0.05, 0) is 67.7 Å². The molecule has 1 atom stereocenters. The van der Waals surface area contributed by atoms with Crippen LogP contribution in [-0.4, -0.2) is 6.61 Å². The summed E-state index contributed by atoms with van der Waals surface area (Å²) in [7, 11) is 0. The monoisotopic (exact) mass is 322 g/mol. The van der Waals surface area contributed by atoms with E-state index >= 15 is 0 Å². The lowest BCUT2D eigenvalue weighted by molar-refractivity contribution is 0.254. The van der Waals surface area contributed by atoms with Gasteiger partial charge in [-0.15, -0.1) is 5.92 Å². The fourth-order valence-electron chi connectivity index (χ4n) is 4.32. The molecule has 0 heterocycles. The molecule has 0 saturated heterocycles. The van der Waals surface area contributed by atoms with Gasteiger partial charge in [-0.2, -0.15) is 0 Å². The summed E-state index contributed by atoms with van der Waals surface area (Å²) in [6, 6.07) is 8.53. The fourth-order valence-corrected chi connectivity index (χ4v) is 4.32. The minimum Gasteiger partial charge on any atom is -0.489 e. The summed E-state index contributed by atoms with van der Waals surface area (Å²) in [6.07, 6.45) is 13.2. The molecule has 1 nitrogen and oxygen atoms in total. The molecule has 0 unspecified atom stereocenters. The summed E-state index contributed by atoms with van der Waals surface area (Å²) in [6.45, 7) is 4.86. The van der Waals surface area contributed by atoms with Gasteiger partial charge in [0.25, 0.3) is 0 Å². The zero-order valence-corrected chi connectivity index (χ0v) is 15.2. The Kier molecular flexibility index (Phi) is 5.67. The summed E-state index contributed by atoms with van der Waals surface area (Å²) in [5.41, 5.74) is 3.32. The minimum atomic E-state index is 0.341. The van der Waals surface area contributed by atoms with E-state index < -0.39 is 0 Å². The lowest BCUT2D eigenvalue weighted by Gasteiger charge is -2.31. The molecule has 1 aromatic rings. The van der Waals surface area contributed by atoms with Crippen molar-refractivity contribution in [1.82, 2.24) is 0 Å². The van der Waals surface area contributed by atoms with Crippen molar-refractivity contribution in [3.8, 4) is 17.6 Å². The maximum absolute atomic E-state index is 6.05. The van der Waals surface area contributed by atoms with Gasteiger partial charge < -0.3 is 4.74 Å². The number of benzene rings is 1. The lowest BCUT2D eigenvalue weighted by Crippen LogP contribution is -2.18. The van der Waals surface area contributed by atoms with Crippen LogP contribution in [0.3, 0.4) is 0 Å². The Morgan fingerprint density at radius 1 is 1.08 bits per heavy atom. The summed E-state index contributed by atoms with van der Waals surface area (Å²) >= 11 is 0. The quantitative estimate of drug-likeness (QED) is 0.459. The second-order valence-corrected chi connectivity index (χ2v) is 7.44. The van der Waals surface area contributed by atoms with E-state index in [-0.39, 0.29) is 0 Å². The fraction of sp³-hybridized carbons (Fsp3) is 0.565. The maximum Gasteiger partial charge on any atom is 0.119 e. The van der Waals surface area contributed by atoms with Crippen molar-refractivity contribution in [3.05, 3.63) is 41.5 Å². The van der Waals surface area contributed by atoms with E-state index in [1.165, 1.54) is 56.1 Å². The van der Waals surface area contributed by atoms with Crippen LogP contribution in [0.5, 0.6) is 5.75 Å². The highest BCUT2D eigenvalue weighted by Gasteiger charge is 2.34. The highest BCUT2D eigenvalue weighted by Crippen LogP contribution is 2.47. The largest absolute Gasteiger partial charge is 0.489 e. The van der Waals surface area contributed by atoms with E-state index in [0.717, 1.165) is 18.8 Å². The van der Waals surface area contributed by atoms with Gasteiger partial charge in [0.15, 0.2) is 0 Å². The molecule has 24 heavy (non-hydrogen) atoms. The molecule has 1 fully saturated rings. The van der Waals surface area contributed by atoms with Crippen LogP contribution in [0.25, 0.3) is 0 Å². The molecular weight excluding hydrogens is 292 g/mol. The highest BCUT2D eigenvalue weighted by atomic mass is 16.5. The maximum atomic E-state index is 6.05. The molecule has 1 spiro atoms. The molecule has 1 heteroatoms. The number of hydrogen-bond acceptors (Lipinski definition) is 1. The highest BCUT2D eigenvalue weighted by molar-refractivity contribution is 5.33. The van der Waals surface area contributed by atoms with E-state index in [1.807, 2.05) is 6.92 Å². The van der Waals surface area contributed by atoms with Crippen molar-refractivity contribution < 1.29 is 4.74 Å². The minimum absolute atomic E-state index is 0.341. The number of hydrogen-bond donors (Lipinski definition) is 0. The zero-order chi connectivity index (χ0) is 16.8. The van der Waals surface area contributed by atoms with Crippen molar-refractivity contribution in [2.45, 2.75) is 71.1 Å². The lowest BCUT2D eigenvalue weighted by atomic mass is 9.74. The first-order chi connectivity index (χ1) is 11.7. The Labute approximate surface area is 147 Å². The molecule has 0 N–H and O–H groups in total. The Morgan fingerprint density at radius 2 is 1.83 bits per heavy atom. The third kappa shape index (κ3) is 4.04. The molecule has 0 aliphatic heterocycles. The van der Waals surface area contributed by atoms with E-state index in [1.54, 1.807) is 0 Å². The third-order valence-electron chi connectivity index (χ3n) is 5.74. The molecule has 128 valence electrons. The Balaban J connectivity index is 1.57. The van der Waals surface area contributed by atoms with Crippen molar-refractivity contribution in [2.75, 3.05) is 6.61 Å². The smallest absolute Gasteiger partial charge is 0.119 e. The Hall–Kier alpha value is -1.68. The molecule has 2 aliphatic rings. The van der Waals surface area contributed by atoms with Crippen LogP contribution in [0.1, 0.15) is 76.7 Å². The second-order valence-electron chi connectivity index (χ2n) is 7.44. The van der Waals surface area contributed by atoms with Gasteiger partial charge in [0, 0.05) is 5.92 Å². The number of allylic oxidation sites excluding steroid dienone is 1. The van der Waals surface area contributed by atoms with Gasteiger partial charge >= 0.3 is 0 Å². The van der Waals surface area contributed by atoms with Crippen LogP contribution in [0.2, 0.25) is 0 Å². The van der Waals surface area contributed by atoms with Gasteiger partial charge in [-0.1, -0.05) is 50.3 Å². The van der Waals surface area contributed by atoms with Crippen LogP contribution in [0.15, 0.2) is 35.9 Å². The van der Waals surface area contributed by atoms with E-state index in [2.05, 4.69) is 49.1 Å². The molecule has 0 aromatic heterocycles. The first-order valence-electron chi connectivity index (χ1n) is 9.60. The molecule has 0 radical (unpaired) electrons. The van der Waals surface area contributed by atoms with Crippen LogP contribution in [0, 0.1) is 17.3 Å². The molecule has 1 saturated carbocycles. The van der Waals surface area contributed by atoms with Gasteiger partial charge in [-0.25, -0.2) is 0 Å². The molecule has 3 rings (SSSR count). The first kappa shape index (κ1) is 17.2. The molecule has 2 aliphatic carbocycles. The van der Waals surface area contributed by atoms with Crippen molar-refractivity contribution >= 4 is 0 Å². The zero-order valence-electron chi connectivity index (χ0n) is 15.2. The molecule has 0 bridgehead atoms. The number of rotatable bonds is 5. The Bertz CT molecular complexity index is 620. The topological polar surface area (TPSA) is 9.23 Å². The summed E-state index contributed by atoms with van der Waals surface area (Å²) in [5, 5.41) is 0. The van der Waals surface area contributed by atoms with Gasteiger partial charge in [0.05, 0.1) is 0 Å². The van der Waals surface area contributed by atoms with E-state index in [9.17, 15) is 0 Å². The number of ether oxygens (including phenoxy) is 1. The van der Waals surface area contributed by atoms with Crippen LogP contribution in [-0.2, 0) is 0 Å². The second kappa shape index (κ2) is 7.93. The molecular formula is C23H30O. The van der Waals surface area contributed by atoms with E-state index in [4.69, 9.17) is 4.74 Å². The SMILES string of the molecule is CC#C[C@@H](CC)c1ccc(OCC2=CC3(CCCCC3)CC2)cc1. The third-order valence-corrected chi connectivity index (χ3v) is 5.74. The van der Waals surface area contributed by atoms with Crippen LogP contribution < -0.4 is 4.74 Å². The molecule has 1 aromatic carbocycles. The van der Waals surface area contributed by atoms with Crippen LogP contribution in [0.4, 0.5) is 0 Å². The van der Waals surface area contributed by atoms with Crippen molar-refractivity contribution in [1.29, 1.82) is 0 Å². The summed E-state index contributed by atoms with van der Waals surface area (Å²) < 4.78 is 6.05. The van der Waals surface area contributed by atoms with Gasteiger partial charge in [0.1, 0.15) is 12.4 Å². The predicted octanol–water partition coefficient (Wildman–Crippen LogP) is 6.25. The van der Waals surface area contributed by atoms with Crippen molar-refractivity contribution in [2.24, 2.45) is 5.41 Å². The van der Waals surface area contributed by atoms with E-state index in [0.29, 0.717) is 11.3 Å². The predicted molar refractivity (Wildman–Crippen MR) is 101 cm³/mol. The molecule has 0 amide bonds. The van der Waals surface area contributed by atoms with Gasteiger partial charge in [0.2, 0.25) is 0 Å². The standard InChI is InChI=1S/C23H30O/c1-3-8-20(4-2)21-9-11-22(12-10-21)24-18-19-13-16-23(17-19)14-6-5-7-15-23/h9-12,17,20H,4-7,13-16,18H2,1-2H3/t20-/m1/s1. The van der Waals surface area contributed by atoms with Crippen molar-refractivity contribution in [3.63, 3.8) is 0 Å². The summed E-state index contributed by atoms with van der Waals surface area (Å²) in [4.78, 5) is 0. The average molecular weight is 322 g/mol. The normalized spacial score (nSPS) is 20.2. The Morgan fingerprint density at radius 3 is 2.50 bits per heavy atom. The summed E-state index contributed by atoms with van der Waals surface area (Å²) in [5.74, 6) is 7.63. The van der Waals surface area contributed by atoms with Gasteiger partial charge in [-0.3, -0.25) is 0 Å².